The highest BCUT2D eigenvalue weighted by Gasteiger charge is 2.55. The molecule has 0 spiro atoms. The van der Waals surface area contributed by atoms with Crippen molar-refractivity contribution in [3.05, 3.63) is 27.0 Å². The Balaban J connectivity index is 1.91. The Kier molecular flexibility index (Phi) is 7.48. The molecule has 1 aromatic rings. The monoisotopic (exact) mass is 576 g/mol. The van der Waals surface area contributed by atoms with Gasteiger partial charge in [0.15, 0.2) is 26.8 Å². The van der Waals surface area contributed by atoms with Crippen molar-refractivity contribution in [1.29, 1.82) is 0 Å². The highest BCUT2D eigenvalue weighted by molar-refractivity contribution is 7.88. The molecule has 0 radical (unpaired) electrons. The zero-order chi connectivity index (χ0) is 27.4. The molecule has 0 aromatic carbocycles. The summed E-state index contributed by atoms with van der Waals surface area (Å²) in [6, 6.07) is 0. The lowest BCUT2D eigenvalue weighted by atomic mass is 9.99. The van der Waals surface area contributed by atoms with E-state index in [0.717, 1.165) is 0 Å². The number of fused-ring (bicyclic) bond motifs is 1. The lowest BCUT2D eigenvalue weighted by Crippen LogP contribution is -2.47. The lowest BCUT2D eigenvalue weighted by molar-refractivity contribution is -0.0622. The average molecular weight is 577 g/mol. The first-order chi connectivity index (χ1) is 16.3. The maximum Gasteiger partial charge on any atom is 0.534 e. The lowest BCUT2D eigenvalue weighted by Gasteiger charge is -2.43. The third-order valence-electron chi connectivity index (χ3n) is 7.05. The predicted molar refractivity (Wildman–Crippen MR) is 125 cm³/mol. The predicted octanol–water partition coefficient (Wildman–Crippen LogP) is 2.39. The van der Waals surface area contributed by atoms with Gasteiger partial charge in [0, 0.05) is 12.2 Å². The van der Waals surface area contributed by atoms with Crippen molar-refractivity contribution in [3.63, 3.8) is 0 Å². The molecule has 0 bridgehead atoms. The second kappa shape index (κ2) is 9.41. The minimum absolute atomic E-state index is 0.0307. The summed E-state index contributed by atoms with van der Waals surface area (Å²) < 4.78 is 88.7. The van der Waals surface area contributed by atoms with Crippen LogP contribution in [0.15, 0.2) is 15.8 Å². The molecule has 11 nitrogen and oxygen atoms in total. The van der Waals surface area contributed by atoms with Gasteiger partial charge in [-0.1, -0.05) is 27.7 Å². The minimum atomic E-state index is -6.18. The van der Waals surface area contributed by atoms with Gasteiger partial charge in [0.25, 0.3) is 5.56 Å². The van der Waals surface area contributed by atoms with Crippen LogP contribution in [-0.2, 0) is 28.8 Å². The van der Waals surface area contributed by atoms with E-state index in [0.29, 0.717) is 16.7 Å². The molecule has 1 aromatic heterocycles. The summed E-state index contributed by atoms with van der Waals surface area (Å²) in [6.07, 6.45) is -3.54. The Morgan fingerprint density at radius 3 is 2.33 bits per heavy atom. The number of rotatable bonds is 8. The van der Waals surface area contributed by atoms with Gasteiger partial charge in [0.2, 0.25) is 5.75 Å². The molecule has 204 valence electrons. The minimum Gasteiger partial charge on any atom is -0.447 e. The summed E-state index contributed by atoms with van der Waals surface area (Å²) >= 11 is 4.97. The molecule has 3 heterocycles. The summed E-state index contributed by atoms with van der Waals surface area (Å²) in [5, 5.41) is -0.366. The van der Waals surface area contributed by atoms with Crippen LogP contribution in [0.5, 0.6) is 5.75 Å². The van der Waals surface area contributed by atoms with Gasteiger partial charge in [-0.15, -0.1) is 0 Å². The maximum atomic E-state index is 12.7. The largest absolute Gasteiger partial charge is 0.534 e. The fraction of sp³-hybridized carbons (Fsp3) is 0.737. The fourth-order valence-electron chi connectivity index (χ4n) is 3.64. The molecule has 3 rings (SSSR count). The summed E-state index contributed by atoms with van der Waals surface area (Å²) in [5.74, 6) is -0.977. The van der Waals surface area contributed by atoms with E-state index < -0.39 is 65.5 Å². The van der Waals surface area contributed by atoms with Crippen LogP contribution in [0, 0.1) is 5.92 Å². The first kappa shape index (κ1) is 28.6. The number of nitrogens with one attached hydrogen (secondary N) is 1. The van der Waals surface area contributed by atoms with E-state index in [1.165, 1.54) is 0 Å². The molecule has 4 atom stereocenters. The smallest absolute Gasteiger partial charge is 0.447 e. The molecular weight excluding hydrogens is 549 g/mol. The number of ether oxygens (including phenoxy) is 3. The van der Waals surface area contributed by atoms with Crippen LogP contribution in [0.1, 0.15) is 33.9 Å². The zero-order valence-electron chi connectivity index (χ0n) is 20.2. The van der Waals surface area contributed by atoms with Gasteiger partial charge in [-0.3, -0.25) is 14.3 Å². The topological polar surface area (TPSA) is 135 Å². The summed E-state index contributed by atoms with van der Waals surface area (Å²) in [4.78, 5) is 26.2. The van der Waals surface area contributed by atoms with E-state index in [1.54, 1.807) is 4.98 Å². The number of alkyl halides is 3. The van der Waals surface area contributed by atoms with E-state index in [4.69, 9.17) is 30.9 Å². The average Bonchev–Trinajstić information content (AvgIpc) is 3.25. The van der Waals surface area contributed by atoms with Crippen LogP contribution < -0.4 is 15.4 Å². The third kappa shape index (κ3) is 5.20. The van der Waals surface area contributed by atoms with Crippen LogP contribution in [-0.4, -0.2) is 62.0 Å². The van der Waals surface area contributed by atoms with Gasteiger partial charge in [-0.25, -0.2) is 4.79 Å². The number of aromatic amines is 1. The molecule has 36 heavy (non-hydrogen) atoms. The number of hydrogen-bond donors (Lipinski definition) is 1. The van der Waals surface area contributed by atoms with Crippen molar-refractivity contribution >= 4 is 35.9 Å². The molecule has 2 aliphatic heterocycles. The fourth-order valence-corrected chi connectivity index (χ4v) is 6.65. The van der Waals surface area contributed by atoms with Crippen LogP contribution in [0.2, 0.25) is 18.1 Å². The third-order valence-corrected chi connectivity index (χ3v) is 12.8. The number of aromatic nitrogens is 2. The van der Waals surface area contributed by atoms with Crippen LogP contribution in [0.3, 0.4) is 0 Å². The van der Waals surface area contributed by atoms with Crippen molar-refractivity contribution in [1.82, 2.24) is 9.55 Å². The molecule has 0 amide bonds. The molecule has 1 N–H and O–H groups in total. The Labute approximate surface area is 211 Å². The van der Waals surface area contributed by atoms with Crippen LogP contribution >= 0.6 is 12.2 Å². The first-order valence-corrected chi connectivity index (χ1v) is 15.5. The standard InChI is InChI=1S/C19H27F3N2O9S2Si/c1-9(2)18(3,4)36(5,6)29-8-11-12-13(32-17(34)31-12)15(30-11)24-7-10(14(25)23-16(24)26)33-35(27,28)19(20,21)22/h7,9,11-13,15H,8H2,1-6H3,(H,23,25,26)/t11-,12-,13-,15-/m1/s1. The van der Waals surface area contributed by atoms with Crippen molar-refractivity contribution in [3.8, 4) is 5.75 Å². The van der Waals surface area contributed by atoms with Gasteiger partial charge in [0.1, 0.15) is 6.10 Å². The first-order valence-electron chi connectivity index (χ1n) is 10.8. The number of halogens is 3. The highest BCUT2D eigenvalue weighted by atomic mass is 32.2. The van der Waals surface area contributed by atoms with Crippen LogP contribution in [0.25, 0.3) is 0 Å². The van der Waals surface area contributed by atoms with E-state index in [2.05, 4.69) is 31.9 Å². The molecule has 2 fully saturated rings. The molecule has 0 saturated carbocycles. The quantitative estimate of drug-likeness (QED) is 0.213. The van der Waals surface area contributed by atoms with Gasteiger partial charge in [-0.05, 0) is 24.1 Å². The normalized spacial score (nSPS) is 25.0. The van der Waals surface area contributed by atoms with E-state index in [-0.39, 0.29) is 16.9 Å². The Morgan fingerprint density at radius 2 is 1.78 bits per heavy atom. The van der Waals surface area contributed by atoms with Gasteiger partial charge in [-0.2, -0.15) is 21.6 Å². The Bertz CT molecular complexity index is 1240. The Hall–Kier alpha value is -1.95. The molecule has 17 heteroatoms. The summed E-state index contributed by atoms with van der Waals surface area (Å²) in [6.45, 7) is 12.5. The van der Waals surface area contributed by atoms with Gasteiger partial charge in [0.05, 0.1) is 12.8 Å². The second-order valence-electron chi connectivity index (χ2n) is 9.82. The Morgan fingerprint density at radius 1 is 1.19 bits per heavy atom. The van der Waals surface area contributed by atoms with Crippen molar-refractivity contribution < 1.29 is 44.4 Å². The van der Waals surface area contributed by atoms with Gasteiger partial charge < -0.3 is 22.8 Å². The van der Waals surface area contributed by atoms with Crippen molar-refractivity contribution in [2.45, 2.75) is 75.9 Å². The number of hydrogen-bond acceptors (Lipinski definition) is 10. The van der Waals surface area contributed by atoms with Crippen LogP contribution in [0.4, 0.5) is 13.2 Å². The number of thiocarbonyl (C=S) groups is 1. The number of H-pyrrole nitrogens is 1. The van der Waals surface area contributed by atoms with Gasteiger partial charge >= 0.3 is 26.6 Å². The molecule has 2 saturated heterocycles. The molecular formula is C19H27F3N2O9S2Si. The second-order valence-corrected chi connectivity index (χ2v) is 16.3. The van der Waals surface area contributed by atoms with E-state index in [1.807, 2.05) is 13.1 Å². The summed E-state index contributed by atoms with van der Waals surface area (Å²) in [7, 11) is -8.49. The van der Waals surface area contributed by atoms with E-state index >= 15 is 0 Å². The van der Waals surface area contributed by atoms with Crippen molar-refractivity contribution in [2.24, 2.45) is 5.92 Å². The van der Waals surface area contributed by atoms with E-state index in [9.17, 15) is 31.2 Å². The number of nitrogens with zero attached hydrogens (tertiary/aromatic N) is 1. The molecule has 0 unspecified atom stereocenters. The van der Waals surface area contributed by atoms with Crippen molar-refractivity contribution in [2.75, 3.05) is 6.61 Å². The molecule has 2 aliphatic rings. The SMILES string of the molecule is CC(C)C(C)(C)[Si](C)(C)OC[C@H]1O[C@@H](n2cc(OS(=O)(=O)C(F)(F)F)c(=O)[nH]c2=O)[C@@H]2OC(=S)O[C@@H]21. The highest BCUT2D eigenvalue weighted by Crippen LogP contribution is 2.45. The molecule has 0 aliphatic carbocycles. The maximum absolute atomic E-state index is 12.7. The zero-order valence-corrected chi connectivity index (χ0v) is 22.9. The summed E-state index contributed by atoms with van der Waals surface area (Å²) in [5.41, 5.74) is -8.40.